The fourth-order valence-corrected chi connectivity index (χ4v) is 4.21. The second-order valence-corrected chi connectivity index (χ2v) is 8.05. The van der Waals surface area contributed by atoms with Crippen LogP contribution in [0.25, 0.3) is 0 Å². The van der Waals surface area contributed by atoms with E-state index in [-0.39, 0.29) is 15.3 Å². The maximum Gasteiger partial charge on any atom is 0.240 e. The molecular weight excluding hydrogens is 294 g/mol. The average Bonchev–Trinajstić information content (AvgIpc) is 2.84. The molecule has 0 bridgehead atoms. The molecule has 1 fully saturated rings. The van der Waals surface area contributed by atoms with Crippen molar-refractivity contribution in [3.63, 3.8) is 0 Å². The molecule has 0 radical (unpaired) electrons. The van der Waals surface area contributed by atoms with Crippen molar-refractivity contribution < 1.29 is 8.42 Å². The molecule has 112 valence electrons. The van der Waals surface area contributed by atoms with Crippen LogP contribution in [-0.4, -0.2) is 26.0 Å². The Morgan fingerprint density at radius 2 is 2.00 bits per heavy atom. The van der Waals surface area contributed by atoms with Crippen LogP contribution in [0.4, 0.5) is 11.4 Å². The first kappa shape index (κ1) is 15.5. The topological polar surface area (TPSA) is 98.2 Å². The van der Waals surface area contributed by atoms with Gasteiger partial charge in [-0.3, -0.25) is 0 Å². The minimum Gasteiger partial charge on any atom is -0.398 e. The number of nitrogen functional groups attached to an aromatic ring is 1. The maximum atomic E-state index is 11.3. The van der Waals surface area contributed by atoms with Gasteiger partial charge < -0.3 is 11.1 Å². The lowest BCUT2D eigenvalue weighted by molar-refractivity contribution is 0.598. The van der Waals surface area contributed by atoms with Gasteiger partial charge in [-0.2, -0.15) is 11.8 Å². The zero-order valence-corrected chi connectivity index (χ0v) is 13.2. The molecule has 0 amide bonds. The highest BCUT2D eigenvalue weighted by Crippen LogP contribution is 2.40. The second-order valence-electron chi connectivity index (χ2n) is 5.25. The summed E-state index contributed by atoms with van der Waals surface area (Å²) in [5.74, 6) is 0. The van der Waals surface area contributed by atoms with Crippen LogP contribution in [0.2, 0.25) is 0 Å². The van der Waals surface area contributed by atoms with Crippen LogP contribution in [-0.2, 0) is 10.0 Å². The molecule has 1 saturated carbocycles. The summed E-state index contributed by atoms with van der Waals surface area (Å²) >= 11 is 1.90. The van der Waals surface area contributed by atoms with Gasteiger partial charge in [0.15, 0.2) is 0 Å². The van der Waals surface area contributed by atoms with Gasteiger partial charge in [-0.25, -0.2) is 13.6 Å². The first-order valence-electron chi connectivity index (χ1n) is 6.58. The SMILES string of the molecule is CSC1(CNc2ccc(S(N)(=O)=O)c(N)c2)CCCC1. The van der Waals surface area contributed by atoms with E-state index in [0.717, 1.165) is 12.2 Å². The highest BCUT2D eigenvalue weighted by Gasteiger charge is 2.32. The Morgan fingerprint density at radius 3 is 2.50 bits per heavy atom. The third kappa shape index (κ3) is 3.39. The maximum absolute atomic E-state index is 11.3. The van der Waals surface area contributed by atoms with E-state index in [1.54, 1.807) is 12.1 Å². The van der Waals surface area contributed by atoms with Crippen LogP contribution < -0.4 is 16.2 Å². The summed E-state index contributed by atoms with van der Waals surface area (Å²) < 4.78 is 22.9. The van der Waals surface area contributed by atoms with Crippen molar-refractivity contribution in [2.45, 2.75) is 35.3 Å². The number of rotatable bonds is 5. The van der Waals surface area contributed by atoms with Crippen molar-refractivity contribution in [3.8, 4) is 0 Å². The summed E-state index contributed by atoms with van der Waals surface area (Å²) in [7, 11) is -3.75. The third-order valence-corrected chi connectivity index (χ3v) is 6.28. The van der Waals surface area contributed by atoms with Crippen LogP contribution >= 0.6 is 11.8 Å². The zero-order chi connectivity index (χ0) is 14.8. The van der Waals surface area contributed by atoms with Gasteiger partial charge in [0.2, 0.25) is 10.0 Å². The molecule has 2 rings (SSSR count). The molecule has 0 saturated heterocycles. The molecule has 0 unspecified atom stereocenters. The van der Waals surface area contributed by atoms with E-state index in [4.69, 9.17) is 10.9 Å². The number of benzene rings is 1. The van der Waals surface area contributed by atoms with Crippen molar-refractivity contribution in [1.82, 2.24) is 0 Å². The van der Waals surface area contributed by atoms with Crippen molar-refractivity contribution in [1.29, 1.82) is 0 Å². The van der Waals surface area contributed by atoms with Gasteiger partial charge in [0.05, 0.1) is 5.69 Å². The first-order chi connectivity index (χ1) is 9.36. The van der Waals surface area contributed by atoms with Crippen molar-refractivity contribution >= 4 is 33.2 Å². The van der Waals surface area contributed by atoms with Crippen LogP contribution in [0, 0.1) is 0 Å². The molecule has 0 aliphatic heterocycles. The summed E-state index contributed by atoms with van der Waals surface area (Å²) in [5, 5.41) is 8.45. The van der Waals surface area contributed by atoms with Crippen molar-refractivity contribution in [2.24, 2.45) is 5.14 Å². The van der Waals surface area contributed by atoms with Gasteiger partial charge in [0.25, 0.3) is 0 Å². The predicted octanol–water partition coefficient (Wildman–Crippen LogP) is 2.00. The number of hydrogen-bond acceptors (Lipinski definition) is 5. The fraction of sp³-hybridized carbons (Fsp3) is 0.538. The average molecular weight is 315 g/mol. The summed E-state index contributed by atoms with van der Waals surface area (Å²) in [6.07, 6.45) is 7.12. The van der Waals surface area contributed by atoms with E-state index in [9.17, 15) is 8.42 Å². The number of nitrogens with one attached hydrogen (secondary N) is 1. The highest BCUT2D eigenvalue weighted by atomic mass is 32.2. The Kier molecular flexibility index (Phi) is 4.51. The summed E-state index contributed by atoms with van der Waals surface area (Å²) in [6, 6.07) is 4.79. The molecule has 1 aliphatic carbocycles. The Hall–Kier alpha value is -0.920. The van der Waals surface area contributed by atoms with Crippen LogP contribution in [0.3, 0.4) is 0 Å². The summed E-state index contributed by atoms with van der Waals surface area (Å²) in [5.41, 5.74) is 6.76. The Bertz CT molecular complexity index is 581. The Balaban J connectivity index is 2.09. The van der Waals surface area contributed by atoms with E-state index in [1.807, 2.05) is 11.8 Å². The van der Waals surface area contributed by atoms with Gasteiger partial charge >= 0.3 is 0 Å². The van der Waals surface area contributed by atoms with Crippen molar-refractivity contribution in [2.75, 3.05) is 23.9 Å². The van der Waals surface area contributed by atoms with Crippen LogP contribution in [0.15, 0.2) is 23.1 Å². The molecule has 0 atom stereocenters. The lowest BCUT2D eigenvalue weighted by Crippen LogP contribution is -2.30. The monoisotopic (exact) mass is 315 g/mol. The quantitative estimate of drug-likeness (QED) is 0.722. The highest BCUT2D eigenvalue weighted by molar-refractivity contribution is 8.00. The molecule has 5 nitrogen and oxygen atoms in total. The molecular formula is C13H21N3O2S2. The van der Waals surface area contributed by atoms with Crippen LogP contribution in [0.5, 0.6) is 0 Å². The summed E-state index contributed by atoms with van der Waals surface area (Å²) in [6.45, 7) is 0.863. The molecule has 1 aromatic rings. The standard InChI is InChI=1S/C13H21N3O2S2/c1-19-13(6-2-3-7-13)9-16-10-4-5-12(11(14)8-10)20(15,17)18/h4-5,8,16H,2-3,6-7,9,14H2,1H3,(H2,15,17,18). The molecule has 1 aliphatic rings. The number of anilines is 2. The second kappa shape index (κ2) is 5.83. The van der Waals surface area contributed by atoms with E-state index in [1.165, 1.54) is 31.7 Å². The third-order valence-electron chi connectivity index (χ3n) is 3.88. The first-order valence-corrected chi connectivity index (χ1v) is 9.35. The zero-order valence-electron chi connectivity index (χ0n) is 11.6. The van der Waals surface area contributed by atoms with Gasteiger partial charge in [-0.05, 0) is 37.3 Å². The van der Waals surface area contributed by atoms with Crippen molar-refractivity contribution in [3.05, 3.63) is 18.2 Å². The van der Waals surface area contributed by atoms with Gasteiger partial charge in [0.1, 0.15) is 4.90 Å². The molecule has 5 N–H and O–H groups in total. The predicted molar refractivity (Wildman–Crippen MR) is 85.4 cm³/mol. The molecule has 0 spiro atoms. The normalized spacial score (nSPS) is 18.1. The van der Waals surface area contributed by atoms with Crippen LogP contribution in [0.1, 0.15) is 25.7 Å². The molecule has 20 heavy (non-hydrogen) atoms. The number of sulfonamides is 1. The number of hydrogen-bond donors (Lipinski definition) is 3. The van der Waals surface area contributed by atoms with E-state index in [2.05, 4.69) is 11.6 Å². The number of primary sulfonamides is 1. The molecule has 0 aromatic heterocycles. The molecule has 0 heterocycles. The number of nitrogens with two attached hydrogens (primary N) is 2. The Morgan fingerprint density at radius 1 is 1.35 bits per heavy atom. The summed E-state index contributed by atoms with van der Waals surface area (Å²) in [4.78, 5) is -0.0245. The molecule has 1 aromatic carbocycles. The minimum atomic E-state index is -3.75. The van der Waals surface area contributed by atoms with E-state index in [0.29, 0.717) is 0 Å². The van der Waals surface area contributed by atoms with E-state index >= 15 is 0 Å². The smallest absolute Gasteiger partial charge is 0.240 e. The van der Waals surface area contributed by atoms with Gasteiger partial charge in [0, 0.05) is 17.0 Å². The Labute approximate surface area is 124 Å². The fourth-order valence-electron chi connectivity index (χ4n) is 2.65. The minimum absolute atomic E-state index is 0.0245. The lowest BCUT2D eigenvalue weighted by atomic mass is 10.1. The molecule has 7 heteroatoms. The number of thioether (sulfide) groups is 1. The largest absolute Gasteiger partial charge is 0.398 e. The lowest BCUT2D eigenvalue weighted by Gasteiger charge is -2.27. The van der Waals surface area contributed by atoms with Gasteiger partial charge in [-0.1, -0.05) is 12.8 Å². The van der Waals surface area contributed by atoms with Gasteiger partial charge in [-0.15, -0.1) is 0 Å². The van der Waals surface area contributed by atoms with E-state index < -0.39 is 10.0 Å².